The van der Waals surface area contributed by atoms with Gasteiger partial charge in [-0.2, -0.15) is 0 Å². The van der Waals surface area contributed by atoms with E-state index in [0.29, 0.717) is 17.8 Å². The smallest absolute Gasteiger partial charge is 0.267 e. The van der Waals surface area contributed by atoms with Crippen molar-refractivity contribution >= 4 is 16.9 Å². The molecule has 1 aliphatic rings. The molecule has 0 unspecified atom stereocenters. The molecule has 2 N–H and O–H groups in total. The fourth-order valence-corrected chi connectivity index (χ4v) is 4.05. The van der Waals surface area contributed by atoms with E-state index >= 15 is 0 Å². The second-order valence-electron chi connectivity index (χ2n) is 7.08. The number of H-pyrrole nitrogens is 1. The first-order valence-electron chi connectivity index (χ1n) is 9.33. The van der Waals surface area contributed by atoms with E-state index in [-0.39, 0.29) is 17.8 Å². The predicted octanol–water partition coefficient (Wildman–Crippen LogP) is 3.13. The van der Waals surface area contributed by atoms with Crippen LogP contribution in [0.15, 0.2) is 30.3 Å². The van der Waals surface area contributed by atoms with Gasteiger partial charge in [0.15, 0.2) is 5.82 Å². The average Bonchev–Trinajstić information content (AvgIpc) is 3.26. The molecule has 0 bridgehead atoms. The van der Waals surface area contributed by atoms with Gasteiger partial charge >= 0.3 is 0 Å². The van der Waals surface area contributed by atoms with Gasteiger partial charge in [0, 0.05) is 19.8 Å². The zero-order valence-electron chi connectivity index (χ0n) is 15.6. The van der Waals surface area contributed by atoms with E-state index in [4.69, 9.17) is 0 Å². The molecule has 27 heavy (non-hydrogen) atoms. The van der Waals surface area contributed by atoms with Crippen LogP contribution in [0.2, 0.25) is 0 Å². The zero-order valence-corrected chi connectivity index (χ0v) is 15.6. The topological polar surface area (TPSA) is 66.0 Å². The Morgan fingerprint density at radius 1 is 1.33 bits per heavy atom. The van der Waals surface area contributed by atoms with Crippen LogP contribution in [0.5, 0.6) is 0 Å². The first-order valence-corrected chi connectivity index (χ1v) is 9.33. The Hall–Kier alpha value is -2.67. The number of carbonyl (C=O) groups excluding carboxylic acids is 1. The highest BCUT2D eigenvalue weighted by Gasteiger charge is 2.28. The average molecular weight is 369 g/mol. The minimum absolute atomic E-state index is 0.0844. The molecular formula is C20H24FN5O. The number of amides is 1. The number of nitrogens with one attached hydrogen (secondary N) is 2. The number of aromatic amines is 1. The lowest BCUT2D eigenvalue weighted by Gasteiger charge is -2.35. The summed E-state index contributed by atoms with van der Waals surface area (Å²) in [5, 5.41) is 2.69. The number of para-hydroxylation sites is 1. The van der Waals surface area contributed by atoms with Crippen LogP contribution in [-0.4, -0.2) is 38.9 Å². The van der Waals surface area contributed by atoms with Gasteiger partial charge in [0.25, 0.3) is 5.91 Å². The van der Waals surface area contributed by atoms with Crippen LogP contribution in [0.3, 0.4) is 0 Å². The Labute approximate surface area is 157 Å². The van der Waals surface area contributed by atoms with E-state index < -0.39 is 0 Å². The Bertz CT molecular complexity index is 976. The van der Waals surface area contributed by atoms with Crippen molar-refractivity contribution in [3.63, 3.8) is 0 Å². The Morgan fingerprint density at radius 3 is 2.96 bits per heavy atom. The van der Waals surface area contributed by atoms with E-state index in [1.807, 2.05) is 29.8 Å². The van der Waals surface area contributed by atoms with E-state index in [1.54, 1.807) is 13.1 Å². The van der Waals surface area contributed by atoms with Crippen LogP contribution in [0, 0.1) is 5.82 Å². The fraction of sp³-hybridized carbons (Fsp3) is 0.400. The van der Waals surface area contributed by atoms with Crippen LogP contribution < -0.4 is 5.32 Å². The summed E-state index contributed by atoms with van der Waals surface area (Å²) in [5.74, 6) is 0.379. The lowest BCUT2D eigenvalue weighted by atomic mass is 9.99. The minimum Gasteiger partial charge on any atom is -0.354 e. The van der Waals surface area contributed by atoms with Crippen molar-refractivity contribution in [2.75, 3.05) is 13.6 Å². The molecule has 1 aliphatic heterocycles. The van der Waals surface area contributed by atoms with Gasteiger partial charge in [0.2, 0.25) is 0 Å². The second-order valence-corrected chi connectivity index (χ2v) is 7.08. The molecule has 1 amide bonds. The van der Waals surface area contributed by atoms with Gasteiger partial charge in [-0.05, 0) is 43.7 Å². The maximum Gasteiger partial charge on any atom is 0.267 e. The van der Waals surface area contributed by atoms with Crippen LogP contribution in [0.4, 0.5) is 4.39 Å². The summed E-state index contributed by atoms with van der Waals surface area (Å²) < 4.78 is 15.9. The number of fused-ring (bicyclic) bond motifs is 1. The van der Waals surface area contributed by atoms with Gasteiger partial charge in [0.1, 0.15) is 17.0 Å². The van der Waals surface area contributed by atoms with Crippen molar-refractivity contribution in [1.29, 1.82) is 0 Å². The van der Waals surface area contributed by atoms with Gasteiger partial charge in [-0.15, -0.1) is 0 Å². The maximum absolute atomic E-state index is 13.9. The highest BCUT2D eigenvalue weighted by atomic mass is 19.1. The molecule has 4 rings (SSSR count). The zero-order chi connectivity index (χ0) is 19.0. The van der Waals surface area contributed by atoms with E-state index in [1.165, 1.54) is 6.07 Å². The van der Waals surface area contributed by atoms with Gasteiger partial charge in [-0.1, -0.05) is 12.5 Å². The number of halogens is 1. The third kappa shape index (κ3) is 3.23. The number of hydrogen-bond donors (Lipinski definition) is 2. The number of hydrogen-bond acceptors (Lipinski definition) is 3. The Kier molecular flexibility index (Phi) is 4.70. The van der Waals surface area contributed by atoms with Gasteiger partial charge in [-0.3, -0.25) is 9.69 Å². The third-order valence-corrected chi connectivity index (χ3v) is 5.44. The van der Waals surface area contributed by atoms with Crippen molar-refractivity contribution in [2.24, 2.45) is 7.05 Å². The molecule has 1 atom stereocenters. The minimum atomic E-state index is -0.303. The highest BCUT2D eigenvalue weighted by molar-refractivity contribution is 5.92. The van der Waals surface area contributed by atoms with Crippen molar-refractivity contribution in [3.05, 3.63) is 53.4 Å². The lowest BCUT2D eigenvalue weighted by Crippen LogP contribution is -2.34. The first-order chi connectivity index (χ1) is 13.1. The molecule has 7 heteroatoms. The molecule has 1 aromatic carbocycles. The molecule has 3 heterocycles. The molecule has 2 aromatic heterocycles. The van der Waals surface area contributed by atoms with Gasteiger partial charge < -0.3 is 14.9 Å². The molecule has 3 aromatic rings. The van der Waals surface area contributed by atoms with Crippen molar-refractivity contribution < 1.29 is 9.18 Å². The number of rotatable bonds is 4. The second kappa shape index (κ2) is 7.15. The first kappa shape index (κ1) is 17.7. The number of imidazole rings is 1. The molecule has 1 fully saturated rings. The summed E-state index contributed by atoms with van der Waals surface area (Å²) in [7, 11) is 3.58. The molecule has 0 spiro atoms. The molecule has 0 radical (unpaired) electrons. The van der Waals surface area contributed by atoms with Gasteiger partial charge in [0.05, 0.1) is 18.1 Å². The van der Waals surface area contributed by atoms with Crippen molar-refractivity contribution in [1.82, 2.24) is 24.8 Å². The van der Waals surface area contributed by atoms with Crippen LogP contribution in [-0.2, 0) is 13.6 Å². The summed E-state index contributed by atoms with van der Waals surface area (Å²) >= 11 is 0. The molecule has 1 saturated heterocycles. The number of piperidine rings is 1. The largest absolute Gasteiger partial charge is 0.354 e. The number of carbonyl (C=O) groups is 1. The summed E-state index contributed by atoms with van der Waals surface area (Å²) in [6.45, 7) is 1.57. The maximum atomic E-state index is 13.9. The SMILES string of the molecule is CNC(=O)c1ccc([C@H]2CCCCN2Cc2nc3c(F)cccc3[nH]2)n1C. The summed E-state index contributed by atoms with van der Waals surface area (Å²) in [6, 6.07) is 9.08. The van der Waals surface area contributed by atoms with Crippen LogP contribution in [0.25, 0.3) is 11.0 Å². The molecule has 6 nitrogen and oxygen atoms in total. The molecule has 0 aliphatic carbocycles. The summed E-state index contributed by atoms with van der Waals surface area (Å²) in [6.07, 6.45) is 3.30. The third-order valence-electron chi connectivity index (χ3n) is 5.44. The molecular weight excluding hydrogens is 345 g/mol. The van der Waals surface area contributed by atoms with Crippen molar-refractivity contribution in [3.8, 4) is 0 Å². The number of nitrogens with zero attached hydrogens (tertiary/aromatic N) is 3. The van der Waals surface area contributed by atoms with Crippen LogP contribution in [0.1, 0.15) is 47.3 Å². The summed E-state index contributed by atoms with van der Waals surface area (Å²) in [5.41, 5.74) is 2.89. The monoisotopic (exact) mass is 369 g/mol. The van der Waals surface area contributed by atoms with E-state index in [0.717, 1.165) is 42.8 Å². The van der Waals surface area contributed by atoms with E-state index in [2.05, 4.69) is 20.2 Å². The fourth-order valence-electron chi connectivity index (χ4n) is 4.05. The van der Waals surface area contributed by atoms with Crippen LogP contribution >= 0.6 is 0 Å². The van der Waals surface area contributed by atoms with E-state index in [9.17, 15) is 9.18 Å². The highest BCUT2D eigenvalue weighted by Crippen LogP contribution is 2.33. The predicted molar refractivity (Wildman–Crippen MR) is 102 cm³/mol. The number of aromatic nitrogens is 3. The Balaban J connectivity index is 1.62. The molecule has 142 valence electrons. The lowest BCUT2D eigenvalue weighted by molar-refractivity contribution is 0.0952. The van der Waals surface area contributed by atoms with Crippen molar-refractivity contribution in [2.45, 2.75) is 31.8 Å². The number of benzene rings is 1. The molecule has 0 saturated carbocycles. The standard InChI is InChI=1S/C20H24FN5O/c1-22-20(27)17-10-9-15(25(17)2)16-8-3-4-11-26(16)12-18-23-14-7-5-6-13(21)19(14)24-18/h5-7,9-10,16H,3-4,8,11-12H2,1-2H3,(H,22,27)(H,23,24)/t16-/m1/s1. The number of likely N-dealkylation sites (tertiary alicyclic amines) is 1. The quantitative estimate of drug-likeness (QED) is 0.743. The van der Waals surface area contributed by atoms with Gasteiger partial charge in [-0.25, -0.2) is 9.37 Å². The Morgan fingerprint density at radius 2 is 2.19 bits per heavy atom. The summed E-state index contributed by atoms with van der Waals surface area (Å²) in [4.78, 5) is 22.1. The normalized spacial score (nSPS) is 18.1.